The minimum Gasteiger partial charge on any atom is -0.395 e. The molecule has 2 aliphatic heterocycles. The molecule has 1 aromatic rings. The number of thioether (sulfide) groups is 1. The van der Waals surface area contributed by atoms with E-state index in [0.29, 0.717) is 23.1 Å². The monoisotopic (exact) mass is 335 g/mol. The number of hydrogen-bond donors (Lipinski definition) is 2. The van der Waals surface area contributed by atoms with Gasteiger partial charge in [0, 0.05) is 38.9 Å². The van der Waals surface area contributed by atoms with E-state index in [4.69, 9.17) is 5.11 Å². The quantitative estimate of drug-likeness (QED) is 0.737. The highest BCUT2D eigenvalue weighted by molar-refractivity contribution is 8.18. The van der Waals surface area contributed by atoms with Gasteiger partial charge in [-0.1, -0.05) is 0 Å². The van der Waals surface area contributed by atoms with Crippen molar-refractivity contribution in [2.75, 3.05) is 44.2 Å². The number of β-amino-alcohol motifs (C(OH)–C–C–N with tert-alkyl or cyclic N) is 1. The first kappa shape index (κ1) is 15.9. The van der Waals surface area contributed by atoms with Gasteiger partial charge in [-0.25, -0.2) is 9.97 Å². The van der Waals surface area contributed by atoms with Crippen molar-refractivity contribution in [3.8, 4) is 0 Å². The molecule has 2 fully saturated rings. The lowest BCUT2D eigenvalue weighted by Gasteiger charge is -2.34. The van der Waals surface area contributed by atoms with Crippen LogP contribution >= 0.6 is 11.8 Å². The maximum atomic E-state index is 11.6. The van der Waals surface area contributed by atoms with Crippen molar-refractivity contribution in [1.82, 2.24) is 20.2 Å². The van der Waals surface area contributed by atoms with Gasteiger partial charge in [-0.3, -0.25) is 19.8 Å². The Hall–Kier alpha value is -1.97. The average molecular weight is 335 g/mol. The summed E-state index contributed by atoms with van der Waals surface area (Å²) in [6, 6.07) is 1.70. The molecule has 3 rings (SSSR count). The van der Waals surface area contributed by atoms with E-state index in [0.717, 1.165) is 37.9 Å². The number of anilines is 1. The molecule has 8 nitrogen and oxygen atoms in total. The molecule has 0 bridgehead atoms. The Morgan fingerprint density at radius 1 is 1.30 bits per heavy atom. The largest absolute Gasteiger partial charge is 0.395 e. The number of aliphatic hydroxyl groups is 1. The van der Waals surface area contributed by atoms with Crippen molar-refractivity contribution < 1.29 is 14.7 Å². The SMILES string of the molecule is O=C1NC(=O)/C(=C\c2ccnc(N3CCN(CCO)CC3)n2)S1. The zero-order valence-electron chi connectivity index (χ0n) is 12.4. The van der Waals surface area contributed by atoms with Gasteiger partial charge >= 0.3 is 0 Å². The molecule has 2 N–H and O–H groups in total. The molecule has 1 aromatic heterocycles. The summed E-state index contributed by atoms with van der Waals surface area (Å²) in [7, 11) is 0. The molecular formula is C14H17N5O3S. The molecule has 2 saturated heterocycles. The Bertz CT molecular complexity index is 643. The molecule has 23 heavy (non-hydrogen) atoms. The lowest BCUT2D eigenvalue weighted by atomic mass is 10.3. The maximum Gasteiger partial charge on any atom is 0.290 e. The third-order valence-electron chi connectivity index (χ3n) is 3.66. The van der Waals surface area contributed by atoms with E-state index in [2.05, 4.69) is 25.1 Å². The van der Waals surface area contributed by atoms with Gasteiger partial charge in [0.2, 0.25) is 5.95 Å². The minimum absolute atomic E-state index is 0.165. The van der Waals surface area contributed by atoms with Gasteiger partial charge in [0.05, 0.1) is 17.2 Å². The highest BCUT2D eigenvalue weighted by Crippen LogP contribution is 2.25. The minimum atomic E-state index is -0.391. The molecule has 9 heteroatoms. The molecule has 2 amide bonds. The average Bonchev–Trinajstić information content (AvgIpc) is 2.86. The van der Waals surface area contributed by atoms with E-state index in [1.54, 1.807) is 18.3 Å². The van der Waals surface area contributed by atoms with Crippen LogP contribution in [0.1, 0.15) is 5.69 Å². The second kappa shape index (κ2) is 7.07. The fourth-order valence-electron chi connectivity index (χ4n) is 2.46. The number of imide groups is 1. The second-order valence-electron chi connectivity index (χ2n) is 5.19. The lowest BCUT2D eigenvalue weighted by Crippen LogP contribution is -2.47. The third-order valence-corrected chi connectivity index (χ3v) is 4.47. The molecular weight excluding hydrogens is 318 g/mol. The summed E-state index contributed by atoms with van der Waals surface area (Å²) < 4.78 is 0. The van der Waals surface area contributed by atoms with Crippen LogP contribution in [-0.4, -0.2) is 70.5 Å². The molecule has 0 aromatic carbocycles. The fraction of sp³-hybridized carbons (Fsp3) is 0.429. The van der Waals surface area contributed by atoms with Gasteiger partial charge in [-0.05, 0) is 23.9 Å². The summed E-state index contributed by atoms with van der Waals surface area (Å²) in [4.78, 5) is 36.1. The predicted octanol–water partition coefficient (Wildman–Crippen LogP) is -0.0852. The summed E-state index contributed by atoms with van der Waals surface area (Å²) in [6.07, 6.45) is 3.24. The molecule has 2 aliphatic rings. The van der Waals surface area contributed by atoms with E-state index in [-0.39, 0.29) is 11.8 Å². The molecule has 0 aliphatic carbocycles. The first-order valence-corrected chi connectivity index (χ1v) is 8.13. The molecule has 0 saturated carbocycles. The van der Waals surface area contributed by atoms with Crippen molar-refractivity contribution in [1.29, 1.82) is 0 Å². The number of amides is 2. The van der Waals surface area contributed by atoms with E-state index >= 15 is 0 Å². The Balaban J connectivity index is 1.70. The van der Waals surface area contributed by atoms with Crippen molar-refractivity contribution in [3.05, 3.63) is 22.9 Å². The van der Waals surface area contributed by atoms with Crippen LogP contribution in [-0.2, 0) is 4.79 Å². The van der Waals surface area contributed by atoms with Crippen molar-refractivity contribution in [2.24, 2.45) is 0 Å². The molecule has 0 radical (unpaired) electrons. The summed E-state index contributed by atoms with van der Waals surface area (Å²) >= 11 is 0.873. The smallest absolute Gasteiger partial charge is 0.290 e. The van der Waals surface area contributed by atoms with E-state index < -0.39 is 5.91 Å². The fourth-order valence-corrected chi connectivity index (χ4v) is 3.13. The first-order chi connectivity index (χ1) is 11.2. The van der Waals surface area contributed by atoms with Crippen LogP contribution in [0.3, 0.4) is 0 Å². The number of nitrogens with zero attached hydrogens (tertiary/aromatic N) is 4. The third kappa shape index (κ3) is 3.87. The number of aromatic nitrogens is 2. The number of aliphatic hydroxyl groups excluding tert-OH is 1. The number of rotatable bonds is 4. The van der Waals surface area contributed by atoms with Gasteiger partial charge in [0.15, 0.2) is 0 Å². The topological polar surface area (TPSA) is 98.7 Å². The van der Waals surface area contributed by atoms with E-state index in [9.17, 15) is 9.59 Å². The van der Waals surface area contributed by atoms with Crippen molar-refractivity contribution in [3.63, 3.8) is 0 Å². The second-order valence-corrected chi connectivity index (χ2v) is 6.20. The molecule has 0 spiro atoms. The Morgan fingerprint density at radius 2 is 2.09 bits per heavy atom. The van der Waals surface area contributed by atoms with Crippen molar-refractivity contribution >= 4 is 34.9 Å². The molecule has 0 atom stereocenters. The standard InChI is InChI=1S/C14H17N5O3S/c20-8-7-18-3-5-19(6-4-18)13-15-2-1-10(16-13)9-11-12(21)17-14(22)23-11/h1-2,9,20H,3-8H2,(H,17,21,22)/b11-9+. The summed E-state index contributed by atoms with van der Waals surface area (Å²) in [5.74, 6) is 0.218. The van der Waals surface area contributed by atoms with Gasteiger partial charge in [-0.15, -0.1) is 0 Å². The van der Waals surface area contributed by atoms with Crippen LogP contribution in [0.4, 0.5) is 10.7 Å². The maximum absolute atomic E-state index is 11.6. The molecule has 3 heterocycles. The number of carbonyl (C=O) groups excluding carboxylic acids is 2. The van der Waals surface area contributed by atoms with E-state index in [1.165, 1.54) is 0 Å². The normalized spacial score (nSPS) is 21.1. The number of carbonyl (C=O) groups is 2. The van der Waals surface area contributed by atoms with Crippen LogP contribution in [0.25, 0.3) is 6.08 Å². The Kier molecular flexibility index (Phi) is 4.89. The highest BCUT2D eigenvalue weighted by atomic mass is 32.2. The van der Waals surface area contributed by atoms with Gasteiger partial charge in [0.25, 0.3) is 11.1 Å². The van der Waals surface area contributed by atoms with E-state index in [1.807, 2.05) is 0 Å². The number of nitrogens with one attached hydrogen (secondary N) is 1. The zero-order chi connectivity index (χ0) is 16.2. The van der Waals surface area contributed by atoms with Gasteiger partial charge in [0.1, 0.15) is 0 Å². The van der Waals surface area contributed by atoms with Gasteiger partial charge in [-0.2, -0.15) is 0 Å². The first-order valence-electron chi connectivity index (χ1n) is 7.32. The van der Waals surface area contributed by atoms with Crippen molar-refractivity contribution in [2.45, 2.75) is 0 Å². The van der Waals surface area contributed by atoms with Crippen LogP contribution in [0.15, 0.2) is 17.2 Å². The van der Waals surface area contributed by atoms with Gasteiger partial charge < -0.3 is 10.0 Å². The zero-order valence-corrected chi connectivity index (χ0v) is 13.3. The van der Waals surface area contributed by atoms with Crippen LogP contribution in [0.2, 0.25) is 0 Å². The summed E-state index contributed by atoms with van der Waals surface area (Å²) in [5.41, 5.74) is 0.597. The predicted molar refractivity (Wildman–Crippen MR) is 86.9 cm³/mol. The van der Waals surface area contributed by atoms with Crippen LogP contribution in [0, 0.1) is 0 Å². The Morgan fingerprint density at radius 3 is 2.74 bits per heavy atom. The van der Waals surface area contributed by atoms with Crippen LogP contribution < -0.4 is 10.2 Å². The molecule has 122 valence electrons. The highest BCUT2D eigenvalue weighted by Gasteiger charge is 2.25. The summed E-state index contributed by atoms with van der Waals surface area (Å²) in [6.45, 7) is 4.12. The molecule has 0 unspecified atom stereocenters. The number of piperazine rings is 1. The lowest BCUT2D eigenvalue weighted by molar-refractivity contribution is -0.115. The summed E-state index contributed by atoms with van der Waals surface area (Å²) in [5, 5.41) is 10.8. The van der Waals surface area contributed by atoms with Crippen LogP contribution in [0.5, 0.6) is 0 Å². The Labute approximate surface area is 137 Å². The number of hydrogen-bond acceptors (Lipinski definition) is 8.